The Hall–Kier alpha value is -2.63. The molecule has 98 valence electrons. The third-order valence-electron chi connectivity index (χ3n) is 2.30. The van der Waals surface area contributed by atoms with Gasteiger partial charge in [-0.25, -0.2) is 0 Å². The summed E-state index contributed by atoms with van der Waals surface area (Å²) in [5.41, 5.74) is 0.396. The van der Waals surface area contributed by atoms with E-state index in [2.05, 4.69) is 10.5 Å². The molecule has 2 aromatic rings. The predicted octanol–water partition coefficient (Wildman–Crippen LogP) is 1.81. The number of aryl methyl sites for hydroxylation is 1. The number of nitrogens with zero attached hydrogens (tertiary/aromatic N) is 1. The molecule has 2 rings (SSSR count). The van der Waals surface area contributed by atoms with Crippen molar-refractivity contribution in [3.8, 4) is 5.75 Å². The quantitative estimate of drug-likeness (QED) is 0.829. The van der Waals surface area contributed by atoms with Crippen molar-refractivity contribution in [1.29, 1.82) is 0 Å². The first-order valence-electron chi connectivity index (χ1n) is 5.59. The summed E-state index contributed by atoms with van der Waals surface area (Å²) in [6.07, 6.45) is 0.675. The van der Waals surface area contributed by atoms with E-state index in [4.69, 9.17) is 9.26 Å². The van der Waals surface area contributed by atoms with Crippen molar-refractivity contribution >= 4 is 18.0 Å². The molecule has 6 heteroatoms. The van der Waals surface area contributed by atoms with Gasteiger partial charge >= 0.3 is 0 Å². The van der Waals surface area contributed by atoms with Crippen molar-refractivity contribution in [3.63, 3.8) is 0 Å². The fourth-order valence-electron chi connectivity index (χ4n) is 1.46. The number of amides is 1. The van der Waals surface area contributed by atoms with Crippen molar-refractivity contribution in [3.05, 3.63) is 41.7 Å². The highest BCUT2D eigenvalue weighted by molar-refractivity contribution is 5.91. The van der Waals surface area contributed by atoms with Gasteiger partial charge in [-0.15, -0.1) is 0 Å². The number of anilines is 1. The van der Waals surface area contributed by atoms with Crippen LogP contribution in [0.4, 0.5) is 5.82 Å². The largest absolute Gasteiger partial charge is 0.483 e. The Morgan fingerprint density at radius 2 is 2.26 bits per heavy atom. The van der Waals surface area contributed by atoms with E-state index in [9.17, 15) is 9.59 Å². The predicted molar refractivity (Wildman–Crippen MR) is 67.2 cm³/mol. The molecular formula is C13H12N2O4. The Balaban J connectivity index is 1.91. The minimum Gasteiger partial charge on any atom is -0.483 e. The van der Waals surface area contributed by atoms with E-state index in [1.165, 1.54) is 0 Å². The lowest BCUT2D eigenvalue weighted by atomic mass is 10.2. The van der Waals surface area contributed by atoms with Gasteiger partial charge in [-0.1, -0.05) is 17.3 Å². The summed E-state index contributed by atoms with van der Waals surface area (Å²) in [5.74, 6) is 0.912. The van der Waals surface area contributed by atoms with E-state index >= 15 is 0 Å². The van der Waals surface area contributed by atoms with Gasteiger partial charge in [0.15, 0.2) is 18.7 Å². The molecule has 6 nitrogen and oxygen atoms in total. The molecule has 0 atom stereocenters. The second-order valence-corrected chi connectivity index (χ2v) is 3.82. The van der Waals surface area contributed by atoms with Gasteiger partial charge in [0.05, 0.1) is 5.56 Å². The summed E-state index contributed by atoms with van der Waals surface area (Å²) in [6.45, 7) is 1.51. The Morgan fingerprint density at radius 3 is 2.95 bits per heavy atom. The van der Waals surface area contributed by atoms with Crippen molar-refractivity contribution in [2.45, 2.75) is 6.92 Å². The minimum atomic E-state index is -0.381. The maximum Gasteiger partial charge on any atom is 0.263 e. The number of carbonyl (C=O) groups is 2. The summed E-state index contributed by atoms with van der Waals surface area (Å²) >= 11 is 0. The second kappa shape index (κ2) is 5.81. The fourth-order valence-corrected chi connectivity index (χ4v) is 1.46. The number of para-hydroxylation sites is 1. The number of carbonyl (C=O) groups excluding carboxylic acids is 2. The zero-order valence-electron chi connectivity index (χ0n) is 10.3. The number of aldehydes is 1. The average Bonchev–Trinajstić information content (AvgIpc) is 2.82. The van der Waals surface area contributed by atoms with E-state index < -0.39 is 0 Å². The summed E-state index contributed by atoms with van der Waals surface area (Å²) in [6, 6.07) is 8.27. The van der Waals surface area contributed by atoms with Crippen LogP contribution in [-0.4, -0.2) is 24.0 Å². The topological polar surface area (TPSA) is 81.4 Å². The van der Waals surface area contributed by atoms with Gasteiger partial charge in [-0.05, 0) is 19.1 Å². The first kappa shape index (κ1) is 12.8. The minimum absolute atomic E-state index is 0.212. The van der Waals surface area contributed by atoms with Crippen LogP contribution in [0.5, 0.6) is 5.75 Å². The Morgan fingerprint density at radius 1 is 1.47 bits per heavy atom. The van der Waals surface area contributed by atoms with Crippen LogP contribution in [-0.2, 0) is 4.79 Å². The SMILES string of the molecule is Cc1cc(NC(=O)COc2ccccc2C=O)no1. The molecule has 0 unspecified atom stereocenters. The third-order valence-corrected chi connectivity index (χ3v) is 2.30. The highest BCUT2D eigenvalue weighted by atomic mass is 16.5. The molecule has 0 aliphatic heterocycles. The molecule has 0 aliphatic carbocycles. The van der Waals surface area contributed by atoms with Crippen molar-refractivity contribution in [1.82, 2.24) is 5.16 Å². The van der Waals surface area contributed by atoms with E-state index in [-0.39, 0.29) is 12.5 Å². The number of rotatable bonds is 5. The first-order chi connectivity index (χ1) is 9.19. The molecule has 1 N–H and O–H groups in total. The molecule has 0 saturated carbocycles. The Kier molecular flexibility index (Phi) is 3.92. The highest BCUT2D eigenvalue weighted by Gasteiger charge is 2.08. The monoisotopic (exact) mass is 260 g/mol. The first-order valence-corrected chi connectivity index (χ1v) is 5.59. The van der Waals surface area contributed by atoms with Gasteiger partial charge < -0.3 is 14.6 Å². The van der Waals surface area contributed by atoms with E-state index in [0.29, 0.717) is 29.2 Å². The molecule has 19 heavy (non-hydrogen) atoms. The van der Waals surface area contributed by atoms with Gasteiger partial charge in [0.1, 0.15) is 11.5 Å². The molecule has 1 amide bonds. The highest BCUT2D eigenvalue weighted by Crippen LogP contribution is 2.15. The molecular weight excluding hydrogens is 248 g/mol. The molecule has 0 radical (unpaired) electrons. The van der Waals surface area contributed by atoms with Gasteiger partial charge in [-0.3, -0.25) is 9.59 Å². The molecule has 1 aromatic heterocycles. The number of benzene rings is 1. The van der Waals surface area contributed by atoms with E-state index in [1.807, 2.05) is 0 Å². The summed E-state index contributed by atoms with van der Waals surface area (Å²) in [7, 11) is 0. The van der Waals surface area contributed by atoms with Crippen LogP contribution in [0.15, 0.2) is 34.9 Å². The smallest absolute Gasteiger partial charge is 0.263 e. The van der Waals surface area contributed by atoms with Crippen LogP contribution in [0.25, 0.3) is 0 Å². The molecule has 1 aromatic carbocycles. The average molecular weight is 260 g/mol. The molecule has 0 spiro atoms. The van der Waals surface area contributed by atoms with Crippen molar-refractivity contribution < 1.29 is 18.8 Å². The van der Waals surface area contributed by atoms with Gasteiger partial charge in [0.2, 0.25) is 0 Å². The number of hydrogen-bond donors (Lipinski definition) is 1. The van der Waals surface area contributed by atoms with E-state index in [0.717, 1.165) is 0 Å². The number of hydrogen-bond acceptors (Lipinski definition) is 5. The number of aromatic nitrogens is 1. The zero-order chi connectivity index (χ0) is 13.7. The van der Waals surface area contributed by atoms with E-state index in [1.54, 1.807) is 37.3 Å². The second-order valence-electron chi connectivity index (χ2n) is 3.82. The van der Waals surface area contributed by atoms with Crippen LogP contribution < -0.4 is 10.1 Å². The lowest BCUT2D eigenvalue weighted by Gasteiger charge is -2.07. The van der Waals surface area contributed by atoms with Crippen LogP contribution in [0.2, 0.25) is 0 Å². The molecule has 0 fully saturated rings. The molecule has 0 bridgehead atoms. The molecule has 1 heterocycles. The van der Waals surface area contributed by atoms with Gasteiger partial charge in [-0.2, -0.15) is 0 Å². The van der Waals surface area contributed by atoms with Crippen LogP contribution >= 0.6 is 0 Å². The summed E-state index contributed by atoms with van der Waals surface area (Å²) in [4.78, 5) is 22.4. The van der Waals surface area contributed by atoms with Crippen LogP contribution in [0.1, 0.15) is 16.1 Å². The third kappa shape index (κ3) is 3.41. The van der Waals surface area contributed by atoms with Gasteiger partial charge in [0, 0.05) is 6.07 Å². The maximum atomic E-state index is 11.6. The molecule has 0 saturated heterocycles. The van der Waals surface area contributed by atoms with Gasteiger partial charge in [0.25, 0.3) is 5.91 Å². The van der Waals surface area contributed by atoms with Crippen molar-refractivity contribution in [2.75, 3.05) is 11.9 Å². The lowest BCUT2D eigenvalue weighted by Crippen LogP contribution is -2.20. The van der Waals surface area contributed by atoms with Crippen LogP contribution in [0.3, 0.4) is 0 Å². The molecule has 0 aliphatic rings. The maximum absolute atomic E-state index is 11.6. The standard InChI is InChI=1S/C13H12N2O4/c1-9-6-12(15-19-9)14-13(17)8-18-11-5-3-2-4-10(11)7-16/h2-7H,8H2,1H3,(H,14,15,17). The summed E-state index contributed by atoms with van der Waals surface area (Å²) < 4.78 is 10.1. The van der Waals surface area contributed by atoms with Crippen LogP contribution in [0, 0.1) is 6.92 Å². The van der Waals surface area contributed by atoms with Crippen molar-refractivity contribution in [2.24, 2.45) is 0 Å². The lowest BCUT2D eigenvalue weighted by molar-refractivity contribution is -0.118. The normalized spacial score (nSPS) is 9.95. The number of nitrogens with one attached hydrogen (secondary N) is 1. The Labute approximate surface area is 109 Å². The zero-order valence-corrected chi connectivity index (χ0v) is 10.3. The number of ether oxygens (including phenoxy) is 1. The summed E-state index contributed by atoms with van der Waals surface area (Å²) in [5, 5.41) is 6.14. The Bertz CT molecular complexity index is 592. The fraction of sp³-hybridized carbons (Fsp3) is 0.154.